The first-order valence-electron chi connectivity index (χ1n) is 10.9. The Bertz CT molecular complexity index is 1150. The monoisotopic (exact) mass is 477 g/mol. The Morgan fingerprint density at radius 1 is 1.24 bits per heavy atom. The molecule has 0 saturated carbocycles. The molecule has 4 rings (SSSR count). The molecule has 0 unspecified atom stereocenters. The number of pyridine rings is 1. The van der Waals surface area contributed by atoms with Crippen LogP contribution in [0.1, 0.15) is 30.0 Å². The number of alkyl halides is 3. The molecule has 0 amide bonds. The van der Waals surface area contributed by atoms with E-state index in [0.717, 1.165) is 24.9 Å². The van der Waals surface area contributed by atoms with E-state index < -0.39 is 17.8 Å². The summed E-state index contributed by atoms with van der Waals surface area (Å²) in [5.41, 5.74) is 0.0971. The Labute approximate surface area is 194 Å². The summed E-state index contributed by atoms with van der Waals surface area (Å²) < 4.78 is 56.6. The van der Waals surface area contributed by atoms with Crippen molar-refractivity contribution < 1.29 is 27.4 Å². The van der Waals surface area contributed by atoms with Crippen molar-refractivity contribution in [2.75, 3.05) is 38.7 Å². The van der Waals surface area contributed by atoms with Gasteiger partial charge in [0.2, 0.25) is 0 Å². The van der Waals surface area contributed by atoms with E-state index in [2.05, 4.69) is 25.6 Å². The fraction of sp³-hybridized carbons (Fsp3) is 0.435. The zero-order valence-electron chi connectivity index (χ0n) is 19.1. The molecule has 0 spiro atoms. The van der Waals surface area contributed by atoms with Crippen LogP contribution in [0, 0.1) is 6.92 Å². The summed E-state index contributed by atoms with van der Waals surface area (Å²) in [5, 5.41) is 7.07. The van der Waals surface area contributed by atoms with Gasteiger partial charge < -0.3 is 24.8 Å². The fourth-order valence-electron chi connectivity index (χ4n) is 3.69. The average molecular weight is 477 g/mol. The number of nitrogens with one attached hydrogen (secondary N) is 2. The van der Waals surface area contributed by atoms with Crippen molar-refractivity contribution in [2.45, 2.75) is 32.2 Å². The van der Waals surface area contributed by atoms with Crippen LogP contribution in [-0.2, 0) is 10.9 Å². The van der Waals surface area contributed by atoms with E-state index in [1.165, 1.54) is 0 Å². The second kappa shape index (κ2) is 9.98. The van der Waals surface area contributed by atoms with Crippen LogP contribution in [0.25, 0.3) is 10.9 Å². The number of benzene rings is 1. The number of anilines is 1. The number of ether oxygens (including phenoxy) is 3. The maximum Gasteiger partial charge on any atom is 0.416 e. The van der Waals surface area contributed by atoms with Gasteiger partial charge in [-0.2, -0.15) is 13.2 Å². The molecule has 8 nitrogen and oxygen atoms in total. The summed E-state index contributed by atoms with van der Waals surface area (Å²) in [4.78, 5) is 13.1. The van der Waals surface area contributed by atoms with Crippen molar-refractivity contribution in [3.8, 4) is 11.5 Å². The number of methoxy groups -OCH3 is 1. The fourth-order valence-corrected chi connectivity index (χ4v) is 3.69. The van der Waals surface area contributed by atoms with Crippen LogP contribution in [0.15, 0.2) is 30.5 Å². The third-order valence-electron chi connectivity index (χ3n) is 5.43. The molecule has 2 N–H and O–H groups in total. The predicted octanol–water partition coefficient (Wildman–Crippen LogP) is 3.90. The molecule has 1 aliphatic heterocycles. The standard InChI is InChI=1S/C23H26F3N5O3/c1-13(18-8-15(4-5-28-18)23(24,25)26)29-22-17-9-21(34-12-16-11-27-6-7-33-16)20(32-3)10-19(17)30-14(2)31-22/h4-5,8-10,13,16,27H,6-7,11-12H2,1-3H3,(H,29,30,31)/t13-,16+/m1/s1. The van der Waals surface area contributed by atoms with Gasteiger partial charge in [-0.05, 0) is 32.0 Å². The normalized spacial score (nSPS) is 17.4. The summed E-state index contributed by atoms with van der Waals surface area (Å²) in [7, 11) is 1.54. The average Bonchev–Trinajstić information content (AvgIpc) is 2.82. The van der Waals surface area contributed by atoms with Crippen molar-refractivity contribution in [1.82, 2.24) is 20.3 Å². The molecule has 3 heterocycles. The number of aromatic nitrogens is 3. The van der Waals surface area contributed by atoms with E-state index in [4.69, 9.17) is 14.2 Å². The highest BCUT2D eigenvalue weighted by Gasteiger charge is 2.31. The Balaban J connectivity index is 1.64. The number of hydrogen-bond acceptors (Lipinski definition) is 8. The second-order valence-electron chi connectivity index (χ2n) is 7.98. The van der Waals surface area contributed by atoms with E-state index in [-0.39, 0.29) is 11.8 Å². The lowest BCUT2D eigenvalue weighted by atomic mass is 10.1. The number of morpholine rings is 1. The molecule has 34 heavy (non-hydrogen) atoms. The summed E-state index contributed by atoms with van der Waals surface area (Å²) in [5.74, 6) is 1.95. The van der Waals surface area contributed by atoms with Gasteiger partial charge in [-0.1, -0.05) is 0 Å². The second-order valence-corrected chi connectivity index (χ2v) is 7.98. The lowest BCUT2D eigenvalue weighted by Gasteiger charge is -2.24. The van der Waals surface area contributed by atoms with Gasteiger partial charge in [-0.25, -0.2) is 9.97 Å². The summed E-state index contributed by atoms with van der Waals surface area (Å²) in [6, 6.07) is 4.94. The Morgan fingerprint density at radius 2 is 2.06 bits per heavy atom. The Hall–Kier alpha value is -3.18. The van der Waals surface area contributed by atoms with Crippen molar-refractivity contribution in [3.05, 3.63) is 47.5 Å². The van der Waals surface area contributed by atoms with Gasteiger partial charge in [0.25, 0.3) is 0 Å². The first kappa shape index (κ1) is 24.0. The molecule has 2 atom stereocenters. The lowest BCUT2D eigenvalue weighted by molar-refractivity contribution is -0.137. The SMILES string of the molecule is COc1cc2nc(C)nc(N[C@H](C)c3cc(C(F)(F)F)ccn3)c2cc1OC[C@@H]1CNCCO1. The zero-order chi connectivity index (χ0) is 24.3. The van der Waals surface area contributed by atoms with Crippen molar-refractivity contribution in [1.29, 1.82) is 0 Å². The van der Waals surface area contributed by atoms with Crippen molar-refractivity contribution >= 4 is 16.7 Å². The third kappa shape index (κ3) is 5.48. The van der Waals surface area contributed by atoms with E-state index in [0.29, 0.717) is 53.8 Å². The number of nitrogens with zero attached hydrogens (tertiary/aromatic N) is 3. The molecular formula is C23H26F3N5O3. The van der Waals surface area contributed by atoms with E-state index in [1.54, 1.807) is 33.1 Å². The Morgan fingerprint density at radius 3 is 2.76 bits per heavy atom. The minimum atomic E-state index is -4.45. The van der Waals surface area contributed by atoms with Gasteiger partial charge in [0, 0.05) is 30.7 Å². The molecule has 1 saturated heterocycles. The molecule has 1 fully saturated rings. The van der Waals surface area contributed by atoms with Crippen LogP contribution in [-0.4, -0.2) is 54.5 Å². The Kier molecular flexibility index (Phi) is 7.03. The van der Waals surface area contributed by atoms with Gasteiger partial charge in [-0.15, -0.1) is 0 Å². The van der Waals surface area contributed by atoms with Crippen molar-refractivity contribution in [3.63, 3.8) is 0 Å². The largest absolute Gasteiger partial charge is 0.493 e. The van der Waals surface area contributed by atoms with Gasteiger partial charge in [-0.3, -0.25) is 4.98 Å². The highest BCUT2D eigenvalue weighted by Crippen LogP contribution is 2.36. The maximum atomic E-state index is 13.1. The van der Waals surface area contributed by atoms with Gasteiger partial charge in [0.1, 0.15) is 24.4 Å². The van der Waals surface area contributed by atoms with E-state index in [1.807, 2.05) is 0 Å². The number of halogens is 3. The van der Waals surface area contributed by atoms with Crippen LogP contribution in [0.2, 0.25) is 0 Å². The molecule has 0 radical (unpaired) electrons. The maximum absolute atomic E-state index is 13.1. The zero-order valence-corrected chi connectivity index (χ0v) is 19.1. The molecule has 1 aromatic carbocycles. The van der Waals surface area contributed by atoms with E-state index in [9.17, 15) is 13.2 Å². The number of fused-ring (bicyclic) bond motifs is 1. The van der Waals surface area contributed by atoms with Crippen molar-refractivity contribution in [2.24, 2.45) is 0 Å². The van der Waals surface area contributed by atoms with Gasteiger partial charge in [0.05, 0.1) is 36.5 Å². The third-order valence-corrected chi connectivity index (χ3v) is 5.43. The first-order valence-corrected chi connectivity index (χ1v) is 10.9. The van der Waals surface area contributed by atoms with Crippen LogP contribution in [0.4, 0.5) is 19.0 Å². The van der Waals surface area contributed by atoms with Crippen LogP contribution >= 0.6 is 0 Å². The van der Waals surface area contributed by atoms with E-state index >= 15 is 0 Å². The van der Waals surface area contributed by atoms with Crippen LogP contribution in [0.3, 0.4) is 0 Å². The highest BCUT2D eigenvalue weighted by atomic mass is 19.4. The van der Waals surface area contributed by atoms with Crippen LogP contribution in [0.5, 0.6) is 11.5 Å². The topological polar surface area (TPSA) is 90.4 Å². The predicted molar refractivity (Wildman–Crippen MR) is 120 cm³/mol. The lowest BCUT2D eigenvalue weighted by Crippen LogP contribution is -2.41. The summed E-state index contributed by atoms with van der Waals surface area (Å²) >= 11 is 0. The molecule has 11 heteroatoms. The van der Waals surface area contributed by atoms with Crippen LogP contribution < -0.4 is 20.1 Å². The molecule has 1 aliphatic rings. The first-order chi connectivity index (χ1) is 16.2. The molecular weight excluding hydrogens is 451 g/mol. The highest BCUT2D eigenvalue weighted by molar-refractivity contribution is 5.92. The minimum Gasteiger partial charge on any atom is -0.493 e. The molecule has 182 valence electrons. The molecule has 0 bridgehead atoms. The summed E-state index contributed by atoms with van der Waals surface area (Å²) in [6.07, 6.45) is -3.39. The molecule has 2 aromatic heterocycles. The van der Waals surface area contributed by atoms with Gasteiger partial charge >= 0.3 is 6.18 Å². The number of aryl methyl sites for hydroxylation is 1. The number of rotatable bonds is 7. The smallest absolute Gasteiger partial charge is 0.416 e. The molecule has 0 aliphatic carbocycles. The summed E-state index contributed by atoms with van der Waals surface area (Å²) in [6.45, 7) is 5.90. The quantitative estimate of drug-likeness (QED) is 0.530. The molecule has 3 aromatic rings. The number of hydrogen-bond donors (Lipinski definition) is 2. The minimum absolute atomic E-state index is 0.0898. The van der Waals surface area contributed by atoms with Gasteiger partial charge in [0.15, 0.2) is 11.5 Å².